The zero-order valence-corrected chi connectivity index (χ0v) is 14.5. The molecule has 0 aliphatic rings. The first-order valence-corrected chi connectivity index (χ1v) is 8.70. The highest BCUT2D eigenvalue weighted by Crippen LogP contribution is 2.24. The van der Waals surface area contributed by atoms with Crippen molar-refractivity contribution in [3.05, 3.63) is 54.1 Å². The molecule has 24 heavy (non-hydrogen) atoms. The van der Waals surface area contributed by atoms with E-state index in [1.165, 1.54) is 19.3 Å². The molecule has 0 radical (unpaired) electrons. The maximum Gasteiger partial charge on any atom is 0.335 e. The first-order valence-electron chi connectivity index (χ1n) is 8.70. The molecule has 1 atom stereocenters. The summed E-state index contributed by atoms with van der Waals surface area (Å²) in [6.45, 7) is 5.20. The molecule has 0 saturated heterocycles. The van der Waals surface area contributed by atoms with E-state index >= 15 is 0 Å². The van der Waals surface area contributed by atoms with E-state index in [-0.39, 0.29) is 0 Å². The molecule has 0 fully saturated rings. The molecule has 2 aromatic rings. The molecule has 3 nitrogen and oxygen atoms in total. The van der Waals surface area contributed by atoms with Crippen LogP contribution in [0.25, 0.3) is 11.1 Å². The summed E-state index contributed by atoms with van der Waals surface area (Å²) in [5, 5.41) is 8.94. The van der Waals surface area contributed by atoms with Crippen LogP contribution in [0.1, 0.15) is 49.9 Å². The summed E-state index contributed by atoms with van der Waals surface area (Å²) in [6, 6.07) is 14.9. The van der Waals surface area contributed by atoms with Gasteiger partial charge in [-0.25, -0.2) is 4.79 Å². The molecule has 3 heteroatoms. The van der Waals surface area contributed by atoms with Crippen LogP contribution in [0.3, 0.4) is 0 Å². The quantitative estimate of drug-likeness (QED) is 0.648. The van der Waals surface area contributed by atoms with Crippen LogP contribution in [0.15, 0.2) is 48.5 Å². The molecular formula is C21H26O3. The lowest BCUT2D eigenvalue weighted by atomic mass is 10.0. The molecule has 0 bridgehead atoms. The van der Waals surface area contributed by atoms with Gasteiger partial charge in [0.25, 0.3) is 0 Å². The normalized spacial score (nSPS) is 11.9. The molecular weight excluding hydrogens is 300 g/mol. The fourth-order valence-corrected chi connectivity index (χ4v) is 2.66. The monoisotopic (exact) mass is 326 g/mol. The second kappa shape index (κ2) is 9.11. The zero-order valence-electron chi connectivity index (χ0n) is 14.5. The van der Waals surface area contributed by atoms with Crippen molar-refractivity contribution >= 4 is 5.97 Å². The van der Waals surface area contributed by atoms with Crippen LogP contribution in [0, 0.1) is 5.92 Å². The molecule has 1 N–H and O–H groups in total. The predicted octanol–water partition coefficient (Wildman–Crippen LogP) is 5.65. The highest BCUT2D eigenvalue weighted by atomic mass is 16.5. The van der Waals surface area contributed by atoms with E-state index in [4.69, 9.17) is 9.84 Å². The van der Waals surface area contributed by atoms with Crippen LogP contribution < -0.4 is 4.74 Å². The van der Waals surface area contributed by atoms with E-state index in [0.717, 1.165) is 29.9 Å². The lowest BCUT2D eigenvalue weighted by Gasteiger charge is -2.15. The van der Waals surface area contributed by atoms with Crippen molar-refractivity contribution in [2.45, 2.75) is 39.5 Å². The van der Waals surface area contributed by atoms with Gasteiger partial charge in [0.2, 0.25) is 0 Å². The van der Waals surface area contributed by atoms with Crippen molar-refractivity contribution in [1.82, 2.24) is 0 Å². The maximum atomic E-state index is 10.9. The number of carboxylic acids is 1. The third kappa shape index (κ3) is 5.12. The number of hydrogen-bond donors (Lipinski definition) is 1. The van der Waals surface area contributed by atoms with Gasteiger partial charge < -0.3 is 9.84 Å². The number of carboxylic acid groups (broad SMARTS) is 1. The van der Waals surface area contributed by atoms with Gasteiger partial charge >= 0.3 is 5.97 Å². The van der Waals surface area contributed by atoms with Gasteiger partial charge in [0.1, 0.15) is 5.75 Å². The number of ether oxygens (including phenoxy) is 1. The van der Waals surface area contributed by atoms with Gasteiger partial charge in [-0.1, -0.05) is 57.4 Å². The average Bonchev–Trinajstić information content (AvgIpc) is 2.62. The third-order valence-corrected chi connectivity index (χ3v) is 4.35. The van der Waals surface area contributed by atoms with E-state index in [2.05, 4.69) is 13.8 Å². The van der Waals surface area contributed by atoms with E-state index in [1.807, 2.05) is 36.4 Å². The van der Waals surface area contributed by atoms with Crippen molar-refractivity contribution in [2.24, 2.45) is 5.92 Å². The minimum atomic E-state index is -0.904. The number of aromatic carboxylic acids is 1. The molecule has 0 aliphatic carbocycles. The van der Waals surface area contributed by atoms with Gasteiger partial charge in [0.05, 0.1) is 12.2 Å². The Hall–Kier alpha value is -2.29. The Labute approximate surface area is 144 Å². The van der Waals surface area contributed by atoms with Gasteiger partial charge in [0, 0.05) is 0 Å². The molecule has 0 spiro atoms. The van der Waals surface area contributed by atoms with Crippen molar-refractivity contribution < 1.29 is 14.6 Å². The Morgan fingerprint density at radius 2 is 1.58 bits per heavy atom. The van der Waals surface area contributed by atoms with E-state index in [0.29, 0.717) is 11.5 Å². The van der Waals surface area contributed by atoms with Crippen LogP contribution in [-0.2, 0) is 0 Å². The van der Waals surface area contributed by atoms with E-state index in [9.17, 15) is 4.79 Å². The van der Waals surface area contributed by atoms with Crippen LogP contribution in [0.2, 0.25) is 0 Å². The molecule has 0 heterocycles. The second-order valence-electron chi connectivity index (χ2n) is 6.13. The molecule has 0 amide bonds. The maximum absolute atomic E-state index is 10.9. The summed E-state index contributed by atoms with van der Waals surface area (Å²) < 4.78 is 5.92. The van der Waals surface area contributed by atoms with Gasteiger partial charge in [-0.15, -0.1) is 0 Å². The van der Waals surface area contributed by atoms with Crippen molar-refractivity contribution in [2.75, 3.05) is 6.61 Å². The van der Waals surface area contributed by atoms with Crippen molar-refractivity contribution in [3.8, 4) is 16.9 Å². The van der Waals surface area contributed by atoms with Gasteiger partial charge in [-0.2, -0.15) is 0 Å². The number of benzene rings is 2. The highest BCUT2D eigenvalue weighted by molar-refractivity contribution is 5.88. The summed E-state index contributed by atoms with van der Waals surface area (Å²) in [7, 11) is 0. The average molecular weight is 326 g/mol. The third-order valence-electron chi connectivity index (χ3n) is 4.35. The van der Waals surface area contributed by atoms with Crippen LogP contribution in [0.5, 0.6) is 5.75 Å². The first kappa shape index (κ1) is 18.1. The Kier molecular flexibility index (Phi) is 6.86. The summed E-state index contributed by atoms with van der Waals surface area (Å²) in [4.78, 5) is 10.9. The van der Waals surface area contributed by atoms with E-state index < -0.39 is 5.97 Å². The van der Waals surface area contributed by atoms with Crippen LogP contribution >= 0.6 is 0 Å². The largest absolute Gasteiger partial charge is 0.493 e. The standard InChI is InChI=1S/C21H26O3/c1-3-5-6-16(4-2)15-24-20-13-11-18(12-14-20)17-7-9-19(10-8-17)21(22)23/h7-14,16H,3-6,15H2,1-2H3,(H,22,23). The molecule has 0 saturated carbocycles. The summed E-state index contributed by atoms with van der Waals surface area (Å²) >= 11 is 0. The Morgan fingerprint density at radius 3 is 2.08 bits per heavy atom. The first-order chi connectivity index (χ1) is 11.6. The lowest BCUT2D eigenvalue weighted by molar-refractivity contribution is 0.0697. The van der Waals surface area contributed by atoms with Crippen LogP contribution in [-0.4, -0.2) is 17.7 Å². The van der Waals surface area contributed by atoms with Crippen molar-refractivity contribution in [1.29, 1.82) is 0 Å². The highest BCUT2D eigenvalue weighted by Gasteiger charge is 2.07. The topological polar surface area (TPSA) is 46.5 Å². The Morgan fingerprint density at radius 1 is 1.00 bits per heavy atom. The van der Waals surface area contributed by atoms with Gasteiger partial charge in [-0.3, -0.25) is 0 Å². The zero-order chi connectivity index (χ0) is 17.4. The minimum absolute atomic E-state index is 0.302. The van der Waals surface area contributed by atoms with Gasteiger partial charge in [0.15, 0.2) is 0 Å². The van der Waals surface area contributed by atoms with Crippen molar-refractivity contribution in [3.63, 3.8) is 0 Å². The molecule has 2 rings (SSSR count). The van der Waals surface area contributed by atoms with Gasteiger partial charge in [-0.05, 0) is 47.7 Å². The molecule has 0 aromatic heterocycles. The summed E-state index contributed by atoms with van der Waals surface area (Å²) in [5.74, 6) is 0.600. The van der Waals surface area contributed by atoms with Crippen LogP contribution in [0.4, 0.5) is 0 Å². The second-order valence-corrected chi connectivity index (χ2v) is 6.13. The molecule has 0 aliphatic heterocycles. The lowest BCUT2D eigenvalue weighted by Crippen LogP contribution is -2.11. The summed E-state index contributed by atoms with van der Waals surface area (Å²) in [5.41, 5.74) is 2.36. The number of hydrogen-bond acceptors (Lipinski definition) is 2. The molecule has 128 valence electrons. The number of carbonyl (C=O) groups is 1. The van der Waals surface area contributed by atoms with E-state index in [1.54, 1.807) is 12.1 Å². The predicted molar refractivity (Wildman–Crippen MR) is 97.6 cm³/mol. The SMILES string of the molecule is CCCCC(CC)COc1ccc(-c2ccc(C(=O)O)cc2)cc1. The summed E-state index contributed by atoms with van der Waals surface area (Å²) in [6.07, 6.45) is 4.86. The number of rotatable bonds is 9. The Balaban J connectivity index is 1.96. The smallest absolute Gasteiger partial charge is 0.335 e. The minimum Gasteiger partial charge on any atom is -0.493 e. The molecule has 2 aromatic carbocycles. The number of unbranched alkanes of at least 4 members (excludes halogenated alkanes) is 1. The fourth-order valence-electron chi connectivity index (χ4n) is 2.66. The fraction of sp³-hybridized carbons (Fsp3) is 0.381. The Bertz CT molecular complexity index is 629. The molecule has 1 unspecified atom stereocenters.